The average molecular weight is 329 g/mol. The average Bonchev–Trinajstić information content (AvgIpc) is 2.61. The van der Waals surface area contributed by atoms with Crippen molar-refractivity contribution in [2.75, 3.05) is 21.3 Å². The molecule has 0 aliphatic carbocycles. The van der Waals surface area contributed by atoms with Crippen molar-refractivity contribution in [1.82, 2.24) is 5.32 Å². The van der Waals surface area contributed by atoms with Gasteiger partial charge in [0.05, 0.1) is 39.9 Å². The van der Waals surface area contributed by atoms with E-state index in [1.54, 1.807) is 33.5 Å². The zero-order chi connectivity index (χ0) is 17.5. The molecule has 24 heavy (non-hydrogen) atoms. The van der Waals surface area contributed by atoms with Gasteiger partial charge < -0.3 is 19.5 Å². The summed E-state index contributed by atoms with van der Waals surface area (Å²) in [4.78, 5) is 12.2. The third-order valence-corrected chi connectivity index (χ3v) is 3.76. The van der Waals surface area contributed by atoms with E-state index in [9.17, 15) is 4.79 Å². The van der Waals surface area contributed by atoms with Crippen LogP contribution in [0.5, 0.6) is 17.2 Å². The highest BCUT2D eigenvalue weighted by Crippen LogP contribution is 2.33. The lowest BCUT2D eigenvalue weighted by molar-refractivity contribution is -0.120. The zero-order valence-electron chi connectivity index (χ0n) is 14.5. The maximum atomic E-state index is 12.2. The number of carbonyl (C=O) groups excluding carboxylic acids is 1. The van der Waals surface area contributed by atoms with Gasteiger partial charge in [-0.3, -0.25) is 4.79 Å². The van der Waals surface area contributed by atoms with Crippen molar-refractivity contribution in [2.24, 2.45) is 0 Å². The summed E-state index contributed by atoms with van der Waals surface area (Å²) >= 11 is 0. The Balaban J connectivity index is 2.07. The fourth-order valence-electron chi connectivity index (χ4n) is 2.39. The summed E-state index contributed by atoms with van der Waals surface area (Å²) < 4.78 is 16.0. The predicted octanol–water partition coefficient (Wildman–Crippen LogP) is 2.88. The molecule has 0 bridgehead atoms. The molecule has 2 rings (SSSR count). The van der Waals surface area contributed by atoms with Crippen LogP contribution in [0.3, 0.4) is 0 Å². The molecular weight excluding hydrogens is 306 g/mol. The maximum absolute atomic E-state index is 12.2. The van der Waals surface area contributed by atoms with Crippen LogP contribution in [0.25, 0.3) is 0 Å². The van der Waals surface area contributed by atoms with Crippen molar-refractivity contribution in [3.8, 4) is 17.2 Å². The smallest absolute Gasteiger partial charge is 0.224 e. The number of amides is 1. The predicted molar refractivity (Wildman–Crippen MR) is 92.8 cm³/mol. The van der Waals surface area contributed by atoms with E-state index in [2.05, 4.69) is 5.32 Å². The van der Waals surface area contributed by atoms with Crippen LogP contribution in [-0.2, 0) is 17.8 Å². The number of ether oxygens (including phenoxy) is 3. The minimum absolute atomic E-state index is 0.0567. The van der Waals surface area contributed by atoms with Crippen LogP contribution >= 0.6 is 0 Å². The van der Waals surface area contributed by atoms with E-state index >= 15 is 0 Å². The number of rotatable bonds is 7. The summed E-state index contributed by atoms with van der Waals surface area (Å²) in [5, 5.41) is 2.91. The van der Waals surface area contributed by atoms with Gasteiger partial charge in [-0.1, -0.05) is 29.8 Å². The SMILES string of the molecule is COc1cc(OC)c(CNC(=O)Cc2ccc(C)cc2)c(OC)c1. The second-order valence-electron chi connectivity index (χ2n) is 5.45. The topological polar surface area (TPSA) is 56.8 Å². The third-order valence-electron chi connectivity index (χ3n) is 3.76. The van der Waals surface area contributed by atoms with Gasteiger partial charge in [-0.05, 0) is 12.5 Å². The molecular formula is C19H23NO4. The molecule has 0 heterocycles. The lowest BCUT2D eigenvalue weighted by atomic mass is 10.1. The van der Waals surface area contributed by atoms with E-state index in [0.29, 0.717) is 30.2 Å². The molecule has 0 radical (unpaired) electrons. The van der Waals surface area contributed by atoms with Crippen LogP contribution in [0.4, 0.5) is 0 Å². The molecule has 0 aromatic heterocycles. The highest BCUT2D eigenvalue weighted by atomic mass is 16.5. The first kappa shape index (κ1) is 17.7. The third kappa shape index (κ3) is 4.41. The van der Waals surface area contributed by atoms with Gasteiger partial charge in [0.15, 0.2) is 0 Å². The molecule has 5 nitrogen and oxygen atoms in total. The molecule has 0 atom stereocenters. The molecule has 1 amide bonds. The van der Waals surface area contributed by atoms with Crippen LogP contribution in [-0.4, -0.2) is 27.2 Å². The van der Waals surface area contributed by atoms with Gasteiger partial charge in [0.25, 0.3) is 0 Å². The maximum Gasteiger partial charge on any atom is 0.224 e. The van der Waals surface area contributed by atoms with Crippen LogP contribution in [0.15, 0.2) is 36.4 Å². The number of methoxy groups -OCH3 is 3. The second kappa shape index (κ2) is 8.24. The lowest BCUT2D eigenvalue weighted by Crippen LogP contribution is -2.25. The number of hydrogen-bond acceptors (Lipinski definition) is 4. The van der Waals surface area contributed by atoms with Crippen LogP contribution < -0.4 is 19.5 Å². The van der Waals surface area contributed by atoms with Crippen LogP contribution in [0, 0.1) is 6.92 Å². The molecule has 1 N–H and O–H groups in total. The van der Waals surface area contributed by atoms with Crippen LogP contribution in [0.1, 0.15) is 16.7 Å². The summed E-state index contributed by atoms with van der Waals surface area (Å²) in [6, 6.07) is 11.5. The summed E-state index contributed by atoms with van der Waals surface area (Å²) in [5.74, 6) is 1.81. The largest absolute Gasteiger partial charge is 0.496 e. The molecule has 0 fully saturated rings. The zero-order valence-corrected chi connectivity index (χ0v) is 14.5. The Bertz CT molecular complexity index is 670. The Morgan fingerprint density at radius 1 is 0.958 bits per heavy atom. The van der Waals surface area contributed by atoms with Crippen molar-refractivity contribution in [3.05, 3.63) is 53.1 Å². The molecule has 2 aromatic carbocycles. The van der Waals surface area contributed by atoms with Gasteiger partial charge in [0.2, 0.25) is 5.91 Å². The highest BCUT2D eigenvalue weighted by Gasteiger charge is 2.14. The second-order valence-corrected chi connectivity index (χ2v) is 5.45. The van der Waals surface area contributed by atoms with E-state index < -0.39 is 0 Å². The van der Waals surface area contributed by atoms with Crippen molar-refractivity contribution >= 4 is 5.91 Å². The Morgan fingerprint density at radius 3 is 2.04 bits per heavy atom. The fraction of sp³-hybridized carbons (Fsp3) is 0.316. The van der Waals surface area contributed by atoms with E-state index in [0.717, 1.165) is 11.1 Å². The Morgan fingerprint density at radius 2 is 1.54 bits per heavy atom. The van der Waals surface area contributed by atoms with Gasteiger partial charge in [-0.25, -0.2) is 0 Å². The molecule has 128 valence electrons. The first-order valence-corrected chi connectivity index (χ1v) is 7.68. The normalized spacial score (nSPS) is 10.2. The molecule has 0 unspecified atom stereocenters. The Labute approximate surface area is 142 Å². The molecule has 0 aliphatic heterocycles. The number of carbonyl (C=O) groups is 1. The minimum Gasteiger partial charge on any atom is -0.496 e. The minimum atomic E-state index is -0.0567. The van der Waals surface area contributed by atoms with Crippen molar-refractivity contribution < 1.29 is 19.0 Å². The standard InChI is InChI=1S/C19H23NO4/c1-13-5-7-14(8-6-13)9-19(21)20-12-16-17(23-3)10-15(22-2)11-18(16)24-4/h5-8,10-11H,9,12H2,1-4H3,(H,20,21). The first-order valence-electron chi connectivity index (χ1n) is 7.68. The van der Waals surface area contributed by atoms with Gasteiger partial charge >= 0.3 is 0 Å². The van der Waals surface area contributed by atoms with E-state index in [1.165, 1.54) is 5.56 Å². The monoisotopic (exact) mass is 329 g/mol. The van der Waals surface area contributed by atoms with E-state index in [4.69, 9.17) is 14.2 Å². The van der Waals surface area contributed by atoms with Gasteiger partial charge in [-0.15, -0.1) is 0 Å². The lowest BCUT2D eigenvalue weighted by Gasteiger charge is -2.15. The molecule has 5 heteroatoms. The summed E-state index contributed by atoms with van der Waals surface area (Å²) in [6.45, 7) is 2.34. The molecule has 0 saturated carbocycles. The summed E-state index contributed by atoms with van der Waals surface area (Å²) in [5.41, 5.74) is 2.93. The Hall–Kier alpha value is -2.69. The van der Waals surface area contributed by atoms with Crippen LogP contribution in [0.2, 0.25) is 0 Å². The number of aryl methyl sites for hydroxylation is 1. The Kier molecular flexibility index (Phi) is 6.07. The summed E-state index contributed by atoms with van der Waals surface area (Å²) in [7, 11) is 4.73. The molecule has 0 spiro atoms. The molecule has 2 aromatic rings. The molecule has 0 aliphatic rings. The van der Waals surface area contributed by atoms with Gasteiger partial charge in [0, 0.05) is 12.1 Å². The quantitative estimate of drug-likeness (QED) is 0.848. The highest BCUT2D eigenvalue weighted by molar-refractivity contribution is 5.78. The van der Waals surface area contributed by atoms with Gasteiger partial charge in [-0.2, -0.15) is 0 Å². The summed E-state index contributed by atoms with van der Waals surface area (Å²) in [6.07, 6.45) is 0.334. The van der Waals surface area contributed by atoms with Crippen molar-refractivity contribution in [1.29, 1.82) is 0 Å². The van der Waals surface area contributed by atoms with E-state index in [-0.39, 0.29) is 5.91 Å². The number of hydrogen-bond donors (Lipinski definition) is 1. The number of benzene rings is 2. The fourth-order valence-corrected chi connectivity index (χ4v) is 2.39. The van der Waals surface area contributed by atoms with Crippen molar-refractivity contribution in [3.63, 3.8) is 0 Å². The molecule has 0 saturated heterocycles. The number of nitrogens with one attached hydrogen (secondary N) is 1. The van der Waals surface area contributed by atoms with Gasteiger partial charge in [0.1, 0.15) is 17.2 Å². The first-order chi connectivity index (χ1) is 11.6. The van der Waals surface area contributed by atoms with Crippen molar-refractivity contribution in [2.45, 2.75) is 19.9 Å². The van der Waals surface area contributed by atoms with E-state index in [1.807, 2.05) is 31.2 Å².